The number of hydrogen-bond acceptors (Lipinski definition) is 6. The van der Waals surface area contributed by atoms with Crippen molar-refractivity contribution in [1.82, 2.24) is 24.1 Å². The second-order valence-corrected chi connectivity index (χ2v) is 8.16. The lowest BCUT2D eigenvalue weighted by atomic mass is 10.0. The number of amides is 2. The van der Waals surface area contributed by atoms with Crippen LogP contribution in [0.15, 0.2) is 35.5 Å². The Bertz CT molecular complexity index is 1260. The van der Waals surface area contributed by atoms with Crippen LogP contribution in [0.2, 0.25) is 0 Å². The maximum absolute atomic E-state index is 13.1. The number of carbonyl (C=O) groups excluding carboxylic acids is 1. The lowest BCUT2D eigenvalue weighted by Crippen LogP contribution is -2.47. The monoisotopic (exact) mass is 478 g/mol. The minimum absolute atomic E-state index is 0.145. The molecule has 1 aliphatic heterocycles. The normalized spacial score (nSPS) is 14.9. The van der Waals surface area contributed by atoms with Crippen LogP contribution >= 0.6 is 0 Å². The number of anilines is 3. The zero-order valence-electron chi connectivity index (χ0n) is 18.9. The van der Waals surface area contributed by atoms with Gasteiger partial charge in [-0.05, 0) is 25.0 Å². The van der Waals surface area contributed by atoms with E-state index in [1.807, 2.05) is 6.07 Å². The van der Waals surface area contributed by atoms with Gasteiger partial charge in [-0.2, -0.15) is 22.8 Å². The molecule has 0 atom stereocenters. The fraction of sp³-hybridized carbons (Fsp3) is 0.429. The van der Waals surface area contributed by atoms with E-state index in [-0.39, 0.29) is 6.04 Å². The van der Waals surface area contributed by atoms with Crippen molar-refractivity contribution in [2.45, 2.75) is 25.1 Å². The van der Waals surface area contributed by atoms with Gasteiger partial charge in [-0.1, -0.05) is 0 Å². The molecule has 0 aromatic carbocycles. The lowest BCUT2D eigenvalue weighted by Gasteiger charge is -2.37. The van der Waals surface area contributed by atoms with Crippen molar-refractivity contribution in [1.29, 1.82) is 0 Å². The Hall–Kier alpha value is -3.77. The number of alkyl halides is 3. The van der Waals surface area contributed by atoms with Crippen LogP contribution in [0, 0.1) is 0 Å². The predicted molar refractivity (Wildman–Crippen MR) is 121 cm³/mol. The summed E-state index contributed by atoms with van der Waals surface area (Å²) in [4.78, 5) is 33.0. The topological polar surface area (TPSA) is 99.8 Å². The van der Waals surface area contributed by atoms with Crippen LogP contribution in [0.5, 0.6) is 0 Å². The van der Waals surface area contributed by atoms with Gasteiger partial charge in [0.1, 0.15) is 17.2 Å². The zero-order chi connectivity index (χ0) is 24.6. The summed E-state index contributed by atoms with van der Waals surface area (Å²) in [5.74, 6) is 0.809. The predicted octanol–water partition coefficient (Wildman–Crippen LogP) is 2.62. The highest BCUT2D eigenvalue weighted by molar-refractivity contribution is 5.89. The summed E-state index contributed by atoms with van der Waals surface area (Å²) in [5.41, 5.74) is -0.535. The molecule has 3 aromatic heterocycles. The molecule has 1 fully saturated rings. The van der Waals surface area contributed by atoms with E-state index in [1.54, 1.807) is 31.0 Å². The summed E-state index contributed by atoms with van der Waals surface area (Å²) in [6, 6.07) is 1.70. The number of piperidine rings is 1. The molecule has 2 N–H and O–H groups in total. The number of hydrogen-bond donors (Lipinski definition) is 2. The van der Waals surface area contributed by atoms with E-state index in [0.717, 1.165) is 21.7 Å². The number of urea groups is 1. The van der Waals surface area contributed by atoms with Gasteiger partial charge in [-0.3, -0.25) is 4.79 Å². The Morgan fingerprint density at radius 3 is 2.62 bits per heavy atom. The average molecular weight is 478 g/mol. The third-order valence-corrected chi connectivity index (χ3v) is 6.06. The summed E-state index contributed by atoms with van der Waals surface area (Å²) in [5, 5.41) is 9.81. The Morgan fingerprint density at radius 2 is 1.97 bits per heavy atom. The number of halogens is 3. The van der Waals surface area contributed by atoms with E-state index in [0.29, 0.717) is 38.2 Å². The molecule has 4 heterocycles. The molecule has 1 aliphatic rings. The van der Waals surface area contributed by atoms with Crippen LogP contribution in [0.1, 0.15) is 18.4 Å². The highest BCUT2D eigenvalue weighted by atomic mass is 19.4. The van der Waals surface area contributed by atoms with Gasteiger partial charge < -0.3 is 25.0 Å². The fourth-order valence-corrected chi connectivity index (χ4v) is 4.11. The second kappa shape index (κ2) is 8.88. The van der Waals surface area contributed by atoms with Crippen molar-refractivity contribution >= 4 is 28.9 Å². The zero-order valence-corrected chi connectivity index (χ0v) is 18.9. The number of nitrogens with one attached hydrogen (secondary N) is 2. The van der Waals surface area contributed by atoms with Crippen molar-refractivity contribution < 1.29 is 18.0 Å². The summed E-state index contributed by atoms with van der Waals surface area (Å²) < 4.78 is 41.8. The van der Waals surface area contributed by atoms with Gasteiger partial charge >= 0.3 is 12.2 Å². The van der Waals surface area contributed by atoms with Crippen molar-refractivity contribution in [2.24, 2.45) is 7.05 Å². The van der Waals surface area contributed by atoms with Crippen LogP contribution in [0.3, 0.4) is 0 Å². The van der Waals surface area contributed by atoms with Crippen LogP contribution in [0.25, 0.3) is 5.65 Å². The largest absolute Gasteiger partial charge is 0.417 e. The van der Waals surface area contributed by atoms with E-state index in [1.165, 1.54) is 11.9 Å². The second-order valence-electron chi connectivity index (χ2n) is 8.16. The first-order chi connectivity index (χ1) is 16.1. The van der Waals surface area contributed by atoms with E-state index >= 15 is 0 Å². The lowest BCUT2D eigenvalue weighted by molar-refractivity contribution is -0.138. The molecule has 182 valence electrons. The van der Waals surface area contributed by atoms with E-state index in [9.17, 15) is 22.8 Å². The van der Waals surface area contributed by atoms with E-state index < -0.39 is 29.0 Å². The van der Waals surface area contributed by atoms with Crippen LogP contribution in [-0.4, -0.2) is 63.3 Å². The van der Waals surface area contributed by atoms with Gasteiger partial charge in [-0.25, -0.2) is 9.78 Å². The molecular formula is C21H25F3N8O2. The number of carbonyl (C=O) groups is 1. The summed E-state index contributed by atoms with van der Waals surface area (Å²) in [7, 11) is 4.59. The van der Waals surface area contributed by atoms with Gasteiger partial charge in [0.25, 0.3) is 5.56 Å². The molecule has 2 amide bonds. The number of fused-ring (bicyclic) bond motifs is 1. The Morgan fingerprint density at radius 1 is 1.26 bits per heavy atom. The molecule has 1 saturated heterocycles. The molecule has 0 saturated carbocycles. The molecule has 0 spiro atoms. The molecule has 10 nitrogen and oxygen atoms in total. The van der Waals surface area contributed by atoms with Crippen molar-refractivity contribution in [3.63, 3.8) is 0 Å². The van der Waals surface area contributed by atoms with Crippen LogP contribution < -0.4 is 21.1 Å². The number of rotatable bonds is 4. The fourth-order valence-electron chi connectivity index (χ4n) is 4.11. The molecule has 0 aliphatic carbocycles. The molecule has 4 rings (SSSR count). The highest BCUT2D eigenvalue weighted by Gasteiger charge is 2.33. The minimum Gasteiger partial charge on any atom is -0.373 e. The molecule has 3 aromatic rings. The van der Waals surface area contributed by atoms with Crippen LogP contribution in [0.4, 0.5) is 35.2 Å². The number of aromatic nitrogens is 4. The molecule has 0 unspecified atom stereocenters. The van der Waals surface area contributed by atoms with E-state index in [2.05, 4.69) is 25.6 Å². The SMILES string of the molecule is CNc1ccnc2c(N3CCC(N(C)C(=O)Nc4cc(C(F)(F)F)cn(C)c4=O)CC3)cnn12. The first kappa shape index (κ1) is 23.4. The quantitative estimate of drug-likeness (QED) is 0.598. The molecular weight excluding hydrogens is 453 g/mol. The van der Waals surface area contributed by atoms with Crippen molar-refractivity contribution in [3.8, 4) is 0 Å². The summed E-state index contributed by atoms with van der Waals surface area (Å²) in [6.07, 6.45) is 0.788. The first-order valence-corrected chi connectivity index (χ1v) is 10.7. The third-order valence-electron chi connectivity index (χ3n) is 6.06. The number of pyridine rings is 1. The van der Waals surface area contributed by atoms with Crippen molar-refractivity contribution in [3.05, 3.63) is 46.6 Å². The first-order valence-electron chi connectivity index (χ1n) is 10.7. The molecule has 13 heteroatoms. The Balaban J connectivity index is 1.43. The van der Waals surface area contributed by atoms with Crippen LogP contribution in [-0.2, 0) is 13.2 Å². The number of nitrogens with zero attached hydrogens (tertiary/aromatic N) is 6. The highest BCUT2D eigenvalue weighted by Crippen LogP contribution is 2.30. The molecule has 0 bridgehead atoms. The standard InChI is InChI=1S/C21H25F3N8O2/c1-25-17-4-7-26-18-16(11-27-32(17)18)31-8-5-14(6-9-31)30(3)20(34)28-15-10-13(21(22,23)24)12-29(2)19(15)33/h4,7,10-12,14,25H,5-6,8-9H2,1-3H3,(H,28,34). The summed E-state index contributed by atoms with van der Waals surface area (Å²) >= 11 is 0. The van der Waals surface area contributed by atoms with Gasteiger partial charge in [0, 0.05) is 52.7 Å². The molecule has 0 radical (unpaired) electrons. The third kappa shape index (κ3) is 4.37. The molecule has 34 heavy (non-hydrogen) atoms. The summed E-state index contributed by atoms with van der Waals surface area (Å²) in [6.45, 7) is 1.28. The number of aryl methyl sites for hydroxylation is 1. The maximum atomic E-state index is 13.1. The Labute approximate surface area is 193 Å². The van der Waals surface area contributed by atoms with E-state index in [4.69, 9.17) is 0 Å². The van der Waals surface area contributed by atoms with Gasteiger partial charge in [-0.15, -0.1) is 0 Å². The average Bonchev–Trinajstić information content (AvgIpc) is 3.25. The Kier molecular flexibility index (Phi) is 6.11. The van der Waals surface area contributed by atoms with Crippen molar-refractivity contribution in [2.75, 3.05) is 42.7 Å². The van der Waals surface area contributed by atoms with Gasteiger partial charge in [0.2, 0.25) is 0 Å². The maximum Gasteiger partial charge on any atom is 0.417 e. The minimum atomic E-state index is -4.63. The van der Waals surface area contributed by atoms with Gasteiger partial charge in [0.05, 0.1) is 11.8 Å². The smallest absolute Gasteiger partial charge is 0.373 e. The van der Waals surface area contributed by atoms with Gasteiger partial charge in [0.15, 0.2) is 5.65 Å².